The van der Waals surface area contributed by atoms with Crippen molar-refractivity contribution >= 4 is 11.9 Å². The number of ether oxygens (including phenoxy) is 2. The largest absolute Gasteiger partial charge is 0.488 e. The van der Waals surface area contributed by atoms with Gasteiger partial charge in [0.25, 0.3) is 0 Å². The Morgan fingerprint density at radius 3 is 2.30 bits per heavy atom. The van der Waals surface area contributed by atoms with Gasteiger partial charge in [0.1, 0.15) is 23.5 Å². The van der Waals surface area contributed by atoms with Gasteiger partial charge in [0.2, 0.25) is 5.91 Å². The summed E-state index contributed by atoms with van der Waals surface area (Å²) >= 11 is 0. The number of benzene rings is 1. The Morgan fingerprint density at radius 2 is 1.74 bits per heavy atom. The molecule has 2 rings (SSSR count). The van der Waals surface area contributed by atoms with E-state index < -0.39 is 5.60 Å². The normalized spacial score (nSPS) is 18.4. The summed E-state index contributed by atoms with van der Waals surface area (Å²) in [5, 5.41) is 3.25. The molecule has 150 valence electrons. The molecule has 1 aliphatic heterocycles. The highest BCUT2D eigenvalue weighted by molar-refractivity contribution is 5.86. The lowest BCUT2D eigenvalue weighted by molar-refractivity contribution is -0.159. The lowest BCUT2D eigenvalue weighted by atomic mass is 10.0. The van der Waals surface area contributed by atoms with Crippen molar-refractivity contribution in [2.75, 3.05) is 19.6 Å². The Kier molecular flexibility index (Phi) is 6.52. The van der Waals surface area contributed by atoms with Gasteiger partial charge in [0.15, 0.2) is 0 Å². The fourth-order valence-electron chi connectivity index (χ4n) is 2.92. The van der Waals surface area contributed by atoms with E-state index >= 15 is 0 Å². The predicted molar refractivity (Wildman–Crippen MR) is 105 cm³/mol. The molecule has 1 aromatic rings. The molecule has 1 amide bonds. The summed E-state index contributed by atoms with van der Waals surface area (Å²) in [6.45, 7) is 12.6. The predicted octanol–water partition coefficient (Wildman–Crippen LogP) is 2.55. The van der Waals surface area contributed by atoms with E-state index in [1.165, 1.54) is 0 Å². The highest BCUT2D eigenvalue weighted by Crippen LogP contribution is 2.19. The molecule has 1 aliphatic rings. The first kappa shape index (κ1) is 21.2. The zero-order valence-electron chi connectivity index (χ0n) is 17.3. The van der Waals surface area contributed by atoms with Crippen LogP contribution in [-0.4, -0.2) is 53.7 Å². The minimum Gasteiger partial charge on any atom is -0.488 e. The van der Waals surface area contributed by atoms with E-state index in [0.717, 1.165) is 11.3 Å². The Bertz CT molecular complexity index is 656. The van der Waals surface area contributed by atoms with E-state index in [1.54, 1.807) is 4.90 Å². The maximum atomic E-state index is 12.7. The van der Waals surface area contributed by atoms with Gasteiger partial charge in [-0.15, -0.1) is 0 Å². The number of nitrogens with one attached hydrogen (secondary N) is 1. The molecule has 1 N–H and O–H groups in total. The molecule has 1 fully saturated rings. The summed E-state index contributed by atoms with van der Waals surface area (Å²) in [6.07, 6.45) is 0.569. The van der Waals surface area contributed by atoms with Crippen molar-refractivity contribution in [3.8, 4) is 5.75 Å². The van der Waals surface area contributed by atoms with Gasteiger partial charge >= 0.3 is 5.97 Å². The van der Waals surface area contributed by atoms with Crippen molar-refractivity contribution in [1.29, 1.82) is 0 Å². The Hall–Kier alpha value is -2.08. The van der Waals surface area contributed by atoms with Crippen molar-refractivity contribution < 1.29 is 19.1 Å². The molecule has 0 spiro atoms. The summed E-state index contributed by atoms with van der Waals surface area (Å²) in [4.78, 5) is 26.3. The zero-order chi connectivity index (χ0) is 20.2. The average molecular weight is 376 g/mol. The van der Waals surface area contributed by atoms with Gasteiger partial charge in [0.05, 0.1) is 6.04 Å². The van der Waals surface area contributed by atoms with Crippen LogP contribution in [0.3, 0.4) is 0 Å². The molecule has 0 radical (unpaired) electrons. The molecule has 0 bridgehead atoms. The van der Waals surface area contributed by atoms with E-state index in [9.17, 15) is 9.59 Å². The average Bonchev–Trinajstić information content (AvgIpc) is 2.50. The van der Waals surface area contributed by atoms with E-state index in [4.69, 9.17) is 9.47 Å². The van der Waals surface area contributed by atoms with Crippen molar-refractivity contribution in [2.45, 2.75) is 65.2 Å². The molecule has 1 aromatic carbocycles. The molecule has 0 saturated carbocycles. The standard InChI is InChI=1S/C21H32N2O4/c1-20(2,3)26-16-9-7-15(8-10-16)13-17-19(25)23(12-11-22-17)14-18(24)27-21(4,5)6/h7-10,17,22H,11-14H2,1-6H3/t17-/m0/s1. The van der Waals surface area contributed by atoms with Crippen LogP contribution in [0.5, 0.6) is 5.75 Å². The first-order chi connectivity index (χ1) is 12.4. The van der Waals surface area contributed by atoms with Crippen LogP contribution >= 0.6 is 0 Å². The van der Waals surface area contributed by atoms with Crippen LogP contribution in [0.15, 0.2) is 24.3 Å². The summed E-state index contributed by atoms with van der Waals surface area (Å²) in [6, 6.07) is 7.46. The number of rotatable bonds is 5. The van der Waals surface area contributed by atoms with E-state index in [0.29, 0.717) is 19.5 Å². The van der Waals surface area contributed by atoms with E-state index in [2.05, 4.69) is 5.32 Å². The maximum absolute atomic E-state index is 12.7. The van der Waals surface area contributed by atoms with Crippen LogP contribution in [0.2, 0.25) is 0 Å². The third kappa shape index (κ3) is 7.21. The summed E-state index contributed by atoms with van der Waals surface area (Å²) in [5.41, 5.74) is 0.246. The van der Waals surface area contributed by atoms with Gasteiger partial charge < -0.3 is 19.7 Å². The fraction of sp³-hybridized carbons (Fsp3) is 0.619. The smallest absolute Gasteiger partial charge is 0.326 e. The number of hydrogen-bond acceptors (Lipinski definition) is 5. The molecule has 27 heavy (non-hydrogen) atoms. The Balaban J connectivity index is 1.94. The first-order valence-corrected chi connectivity index (χ1v) is 9.45. The van der Waals surface area contributed by atoms with Crippen molar-refractivity contribution in [1.82, 2.24) is 10.2 Å². The number of hydrogen-bond donors (Lipinski definition) is 1. The second-order valence-electron chi connectivity index (χ2n) is 8.92. The van der Waals surface area contributed by atoms with Gasteiger partial charge in [-0.3, -0.25) is 9.59 Å². The highest BCUT2D eigenvalue weighted by Gasteiger charge is 2.30. The van der Waals surface area contributed by atoms with Crippen molar-refractivity contribution in [3.63, 3.8) is 0 Å². The third-order valence-electron chi connectivity index (χ3n) is 3.91. The molecule has 0 aliphatic carbocycles. The number of nitrogens with zero attached hydrogens (tertiary/aromatic N) is 1. The van der Waals surface area contributed by atoms with Crippen LogP contribution in [0.1, 0.15) is 47.1 Å². The van der Waals surface area contributed by atoms with Crippen LogP contribution in [0.25, 0.3) is 0 Å². The Labute approximate surface area is 162 Å². The fourth-order valence-corrected chi connectivity index (χ4v) is 2.92. The molecule has 1 atom stereocenters. The topological polar surface area (TPSA) is 67.9 Å². The summed E-state index contributed by atoms with van der Waals surface area (Å²) in [5.74, 6) is 0.364. The maximum Gasteiger partial charge on any atom is 0.326 e. The Morgan fingerprint density at radius 1 is 1.11 bits per heavy atom. The minimum atomic E-state index is -0.551. The molecule has 6 heteroatoms. The van der Waals surface area contributed by atoms with Gasteiger partial charge in [-0.2, -0.15) is 0 Å². The molecular formula is C21H32N2O4. The first-order valence-electron chi connectivity index (χ1n) is 9.45. The molecule has 0 unspecified atom stereocenters. The van der Waals surface area contributed by atoms with Crippen molar-refractivity contribution in [2.24, 2.45) is 0 Å². The number of esters is 1. The number of piperazine rings is 1. The molecule has 6 nitrogen and oxygen atoms in total. The number of amides is 1. The monoisotopic (exact) mass is 376 g/mol. The van der Waals surface area contributed by atoms with Crippen LogP contribution in [0, 0.1) is 0 Å². The van der Waals surface area contributed by atoms with Gasteiger partial charge in [0, 0.05) is 13.1 Å². The molecular weight excluding hydrogens is 344 g/mol. The van der Waals surface area contributed by atoms with Gasteiger partial charge in [-0.25, -0.2) is 0 Å². The summed E-state index contributed by atoms with van der Waals surface area (Å²) < 4.78 is 11.2. The third-order valence-corrected chi connectivity index (χ3v) is 3.91. The van der Waals surface area contributed by atoms with Crippen LogP contribution < -0.4 is 10.1 Å². The van der Waals surface area contributed by atoms with Crippen LogP contribution in [0.4, 0.5) is 0 Å². The van der Waals surface area contributed by atoms with E-state index in [-0.39, 0.29) is 30.1 Å². The molecule has 1 saturated heterocycles. The molecule has 0 aromatic heterocycles. The van der Waals surface area contributed by atoms with E-state index in [1.807, 2.05) is 65.8 Å². The van der Waals surface area contributed by atoms with Crippen molar-refractivity contribution in [3.05, 3.63) is 29.8 Å². The summed E-state index contributed by atoms with van der Waals surface area (Å²) in [7, 11) is 0. The second kappa shape index (κ2) is 8.30. The highest BCUT2D eigenvalue weighted by atomic mass is 16.6. The SMILES string of the molecule is CC(C)(C)OC(=O)CN1CCN[C@@H](Cc2ccc(OC(C)(C)C)cc2)C1=O. The second-order valence-corrected chi connectivity index (χ2v) is 8.92. The van der Waals surface area contributed by atoms with Crippen LogP contribution in [-0.2, 0) is 20.7 Å². The minimum absolute atomic E-state index is 0.00730. The van der Waals surface area contributed by atoms with Gasteiger partial charge in [-0.1, -0.05) is 12.1 Å². The molecule has 1 heterocycles. The van der Waals surface area contributed by atoms with Gasteiger partial charge in [-0.05, 0) is 65.7 Å². The quantitative estimate of drug-likeness (QED) is 0.800. The lowest BCUT2D eigenvalue weighted by Gasteiger charge is -2.33. The zero-order valence-corrected chi connectivity index (χ0v) is 17.3. The number of carbonyl (C=O) groups excluding carboxylic acids is 2. The lowest BCUT2D eigenvalue weighted by Crippen LogP contribution is -2.57. The number of carbonyl (C=O) groups is 2.